The summed E-state index contributed by atoms with van der Waals surface area (Å²) in [6.45, 7) is 5.75. The van der Waals surface area contributed by atoms with Crippen molar-refractivity contribution in [3.05, 3.63) is 54.0 Å². The summed E-state index contributed by atoms with van der Waals surface area (Å²) in [4.78, 5) is 8.43. The van der Waals surface area contributed by atoms with E-state index in [1.165, 1.54) is 12.1 Å². The summed E-state index contributed by atoms with van der Waals surface area (Å²) < 4.78 is 18.7. The number of thioether (sulfide) groups is 1. The topological polar surface area (TPSA) is 58.5 Å². The number of benzene rings is 1. The summed E-state index contributed by atoms with van der Waals surface area (Å²) >= 11 is 1.80. The van der Waals surface area contributed by atoms with Crippen LogP contribution in [-0.4, -0.2) is 35.5 Å². The number of ether oxygens (including phenoxy) is 1. The smallest absolute Gasteiger partial charge is 0.219 e. The molecule has 0 aliphatic carbocycles. The van der Waals surface area contributed by atoms with E-state index >= 15 is 0 Å². The van der Waals surface area contributed by atoms with E-state index in [4.69, 9.17) is 4.74 Å². The molecule has 0 aliphatic rings. The average Bonchev–Trinajstić information content (AvgIpc) is 2.64. The van der Waals surface area contributed by atoms with E-state index < -0.39 is 0 Å². The fraction of sp³-hybridized carbons (Fsp3) is 0.368. The Labute approximate surface area is 158 Å². The molecule has 140 valence electrons. The van der Waals surface area contributed by atoms with Gasteiger partial charge in [-0.25, -0.2) is 9.37 Å². The number of hydrogen-bond acceptors (Lipinski definition) is 4. The van der Waals surface area contributed by atoms with Gasteiger partial charge >= 0.3 is 0 Å². The fourth-order valence-corrected chi connectivity index (χ4v) is 2.23. The van der Waals surface area contributed by atoms with Gasteiger partial charge in [-0.1, -0.05) is 0 Å². The zero-order chi connectivity index (χ0) is 19.0. The van der Waals surface area contributed by atoms with Crippen molar-refractivity contribution in [3.63, 3.8) is 0 Å². The highest BCUT2D eigenvalue weighted by Crippen LogP contribution is 2.20. The third kappa shape index (κ3) is 6.55. The van der Waals surface area contributed by atoms with Crippen LogP contribution in [0.2, 0.25) is 0 Å². The van der Waals surface area contributed by atoms with Gasteiger partial charge in [-0.05, 0) is 56.0 Å². The molecule has 2 N–H and O–H groups in total. The highest BCUT2D eigenvalue weighted by Gasteiger charge is 2.16. The third-order valence-corrected chi connectivity index (χ3v) is 5.00. The molecule has 0 atom stereocenters. The van der Waals surface area contributed by atoms with Crippen molar-refractivity contribution in [3.8, 4) is 11.6 Å². The Morgan fingerprint density at radius 3 is 2.62 bits per heavy atom. The molecule has 2 rings (SSSR count). The predicted octanol–water partition coefficient (Wildman–Crippen LogP) is 3.82. The first kappa shape index (κ1) is 20.0. The lowest BCUT2D eigenvalue weighted by Gasteiger charge is -2.23. The van der Waals surface area contributed by atoms with E-state index in [1.54, 1.807) is 37.1 Å². The van der Waals surface area contributed by atoms with E-state index in [-0.39, 0.29) is 10.6 Å². The molecule has 0 saturated carbocycles. The van der Waals surface area contributed by atoms with Gasteiger partial charge in [0.1, 0.15) is 11.6 Å². The highest BCUT2D eigenvalue weighted by molar-refractivity contribution is 7.99. The summed E-state index contributed by atoms with van der Waals surface area (Å²) in [5, 5.41) is 6.60. The molecule has 0 bridgehead atoms. The number of aromatic nitrogens is 1. The summed E-state index contributed by atoms with van der Waals surface area (Å²) in [6, 6.07) is 9.60. The molecule has 1 heterocycles. The maximum absolute atomic E-state index is 13.0. The summed E-state index contributed by atoms with van der Waals surface area (Å²) in [7, 11) is 1.75. The minimum Gasteiger partial charge on any atom is -0.439 e. The molecular formula is C19H25FN4OS. The van der Waals surface area contributed by atoms with Gasteiger partial charge in [0.25, 0.3) is 0 Å². The first-order chi connectivity index (χ1) is 12.4. The van der Waals surface area contributed by atoms with Crippen molar-refractivity contribution < 1.29 is 9.13 Å². The number of nitrogens with zero attached hydrogens (tertiary/aromatic N) is 2. The molecule has 0 amide bonds. The molecule has 26 heavy (non-hydrogen) atoms. The zero-order valence-electron chi connectivity index (χ0n) is 15.5. The largest absolute Gasteiger partial charge is 0.439 e. The van der Waals surface area contributed by atoms with Crippen molar-refractivity contribution in [2.75, 3.05) is 19.8 Å². The quantitative estimate of drug-likeness (QED) is 0.568. The van der Waals surface area contributed by atoms with Crippen LogP contribution < -0.4 is 15.4 Å². The zero-order valence-corrected chi connectivity index (χ0v) is 16.4. The van der Waals surface area contributed by atoms with E-state index in [0.29, 0.717) is 18.2 Å². The maximum atomic E-state index is 13.0. The van der Waals surface area contributed by atoms with Crippen LogP contribution in [0.5, 0.6) is 11.6 Å². The Bertz CT molecular complexity index is 735. The van der Waals surface area contributed by atoms with Crippen molar-refractivity contribution in [1.29, 1.82) is 0 Å². The Morgan fingerprint density at radius 2 is 1.96 bits per heavy atom. The first-order valence-corrected chi connectivity index (χ1v) is 9.52. The molecule has 7 heteroatoms. The van der Waals surface area contributed by atoms with Crippen molar-refractivity contribution in [1.82, 2.24) is 15.6 Å². The molecule has 0 fully saturated rings. The van der Waals surface area contributed by atoms with Crippen LogP contribution in [0.15, 0.2) is 47.6 Å². The standard InChI is InChI=1S/C19H25FN4OS/c1-19(2,26-4)13-24-18(21-3)23-12-14-9-10-22-17(11-14)25-16-7-5-15(20)6-8-16/h5-11H,12-13H2,1-4H3,(H2,21,23,24). The van der Waals surface area contributed by atoms with Gasteiger partial charge in [-0.2, -0.15) is 11.8 Å². The molecule has 2 aromatic rings. The van der Waals surface area contributed by atoms with Crippen molar-refractivity contribution in [2.45, 2.75) is 25.1 Å². The van der Waals surface area contributed by atoms with E-state index in [0.717, 1.165) is 18.1 Å². The van der Waals surface area contributed by atoms with Crippen LogP contribution in [0.1, 0.15) is 19.4 Å². The second kappa shape index (κ2) is 9.43. The number of rotatable bonds is 7. The van der Waals surface area contributed by atoms with Gasteiger partial charge in [0.05, 0.1) is 0 Å². The Balaban J connectivity index is 1.92. The van der Waals surface area contributed by atoms with Crippen molar-refractivity contribution >= 4 is 17.7 Å². The average molecular weight is 377 g/mol. The summed E-state index contributed by atoms with van der Waals surface area (Å²) in [5.41, 5.74) is 1.00. The van der Waals surface area contributed by atoms with Crippen LogP contribution in [0.25, 0.3) is 0 Å². The van der Waals surface area contributed by atoms with E-state index in [9.17, 15) is 4.39 Å². The number of aliphatic imine (C=N–C) groups is 1. The Kier molecular flexibility index (Phi) is 7.26. The van der Waals surface area contributed by atoms with Crippen LogP contribution in [0.3, 0.4) is 0 Å². The number of hydrogen-bond donors (Lipinski definition) is 2. The molecule has 1 aromatic heterocycles. The van der Waals surface area contributed by atoms with Gasteiger partial charge in [0.2, 0.25) is 5.88 Å². The number of guanidine groups is 1. The normalized spacial score (nSPS) is 12.0. The van der Waals surface area contributed by atoms with Crippen molar-refractivity contribution in [2.24, 2.45) is 4.99 Å². The molecule has 0 saturated heterocycles. The third-order valence-electron chi connectivity index (χ3n) is 3.75. The molecule has 1 aromatic carbocycles. The van der Waals surface area contributed by atoms with Gasteiger partial charge in [-0.15, -0.1) is 0 Å². The van der Waals surface area contributed by atoms with E-state index in [1.807, 2.05) is 12.1 Å². The lowest BCUT2D eigenvalue weighted by molar-refractivity contribution is 0.460. The van der Waals surface area contributed by atoms with E-state index in [2.05, 4.69) is 40.7 Å². The van der Waals surface area contributed by atoms with Crippen LogP contribution in [0, 0.1) is 5.82 Å². The summed E-state index contributed by atoms with van der Waals surface area (Å²) in [5.74, 6) is 1.44. The van der Waals surface area contributed by atoms with Gasteiger partial charge < -0.3 is 15.4 Å². The minimum atomic E-state index is -0.299. The molecule has 5 nitrogen and oxygen atoms in total. The highest BCUT2D eigenvalue weighted by atomic mass is 32.2. The minimum absolute atomic E-state index is 0.129. The van der Waals surface area contributed by atoms with Crippen LogP contribution in [0.4, 0.5) is 4.39 Å². The molecule has 0 aliphatic heterocycles. The first-order valence-electron chi connectivity index (χ1n) is 8.30. The van der Waals surface area contributed by atoms with Gasteiger partial charge in [0.15, 0.2) is 5.96 Å². The molecule has 0 unspecified atom stereocenters. The lowest BCUT2D eigenvalue weighted by atomic mass is 10.2. The van der Waals surface area contributed by atoms with Gasteiger partial charge in [-0.3, -0.25) is 4.99 Å². The van der Waals surface area contributed by atoms with Crippen LogP contribution >= 0.6 is 11.8 Å². The number of halogens is 1. The Morgan fingerprint density at radius 1 is 1.23 bits per heavy atom. The maximum Gasteiger partial charge on any atom is 0.219 e. The summed E-state index contributed by atoms with van der Waals surface area (Å²) in [6.07, 6.45) is 3.78. The van der Waals surface area contributed by atoms with Gasteiger partial charge in [0, 0.05) is 37.1 Å². The second-order valence-electron chi connectivity index (χ2n) is 6.30. The fourth-order valence-electron chi connectivity index (χ4n) is 2.01. The lowest BCUT2D eigenvalue weighted by Crippen LogP contribution is -2.42. The molecular weight excluding hydrogens is 351 g/mol. The SMILES string of the molecule is CN=C(NCc1ccnc(Oc2ccc(F)cc2)c1)NCC(C)(C)SC. The molecule has 0 spiro atoms. The van der Waals surface area contributed by atoms with Crippen LogP contribution in [-0.2, 0) is 6.54 Å². The Hall–Kier alpha value is -2.28. The molecule has 0 radical (unpaired) electrons. The number of pyridine rings is 1. The second-order valence-corrected chi connectivity index (χ2v) is 7.81. The monoisotopic (exact) mass is 376 g/mol. The number of nitrogens with one attached hydrogen (secondary N) is 2. The predicted molar refractivity (Wildman–Crippen MR) is 107 cm³/mol.